The minimum atomic E-state index is -3.76. The summed E-state index contributed by atoms with van der Waals surface area (Å²) in [6, 6.07) is 18.1. The lowest BCUT2D eigenvalue weighted by Crippen LogP contribution is -2.53. The number of halogens is 2. The summed E-state index contributed by atoms with van der Waals surface area (Å²) in [6.45, 7) is 3.22. The number of sulfonamides is 1. The van der Waals surface area contributed by atoms with Gasteiger partial charge in [-0.15, -0.1) is 0 Å². The van der Waals surface area contributed by atoms with Crippen LogP contribution >= 0.6 is 0 Å². The molecule has 1 amide bonds. The van der Waals surface area contributed by atoms with E-state index in [2.05, 4.69) is 15.6 Å². The van der Waals surface area contributed by atoms with Crippen LogP contribution < -0.4 is 22.1 Å². The van der Waals surface area contributed by atoms with Crippen molar-refractivity contribution in [3.63, 3.8) is 0 Å². The number of amides is 1. The van der Waals surface area contributed by atoms with Gasteiger partial charge >= 0.3 is 0 Å². The molecule has 6 N–H and O–H groups in total. The fourth-order valence-corrected chi connectivity index (χ4v) is 7.49. The molecule has 4 aromatic rings. The van der Waals surface area contributed by atoms with Crippen LogP contribution in [0.1, 0.15) is 41.0 Å². The Balaban J connectivity index is 1.31. The van der Waals surface area contributed by atoms with Gasteiger partial charge < -0.3 is 22.1 Å². The monoisotopic (exact) mass is 648 g/mol. The average Bonchev–Trinajstić information content (AvgIpc) is 3.04. The van der Waals surface area contributed by atoms with Crippen LogP contribution in [0.25, 0.3) is 0 Å². The molecule has 1 saturated heterocycles. The van der Waals surface area contributed by atoms with E-state index in [4.69, 9.17) is 11.5 Å². The van der Waals surface area contributed by atoms with Crippen molar-refractivity contribution in [2.45, 2.75) is 49.1 Å². The summed E-state index contributed by atoms with van der Waals surface area (Å²) in [5, 5.41) is 6.02. The first-order valence-electron chi connectivity index (χ1n) is 15.1. The van der Waals surface area contributed by atoms with E-state index in [9.17, 15) is 17.6 Å². The maximum Gasteiger partial charge on any atom is 0.243 e. The highest BCUT2D eigenvalue weighted by molar-refractivity contribution is 7.89. The first-order chi connectivity index (χ1) is 22.0. The molecule has 46 heavy (non-hydrogen) atoms. The van der Waals surface area contributed by atoms with Gasteiger partial charge in [0.05, 0.1) is 29.0 Å². The molecule has 0 saturated carbocycles. The van der Waals surface area contributed by atoms with Gasteiger partial charge in [-0.1, -0.05) is 42.0 Å². The number of nitrogen functional groups attached to an aromatic ring is 1. The van der Waals surface area contributed by atoms with Crippen molar-refractivity contribution in [3.05, 3.63) is 119 Å². The second kappa shape index (κ2) is 14.5. The first-order valence-corrected chi connectivity index (χ1v) is 16.6. The third kappa shape index (κ3) is 7.59. The third-order valence-electron chi connectivity index (χ3n) is 8.34. The summed E-state index contributed by atoms with van der Waals surface area (Å²) in [5.74, 6) is -2.15. The molecule has 1 aliphatic heterocycles. The number of nitrogens with one attached hydrogen (secondary N) is 2. The zero-order valence-electron chi connectivity index (χ0n) is 25.5. The fourth-order valence-electron chi connectivity index (χ4n) is 5.84. The molecule has 1 aliphatic rings. The Kier molecular flexibility index (Phi) is 10.4. The Labute approximate surface area is 268 Å². The van der Waals surface area contributed by atoms with Crippen LogP contribution in [0.4, 0.5) is 20.2 Å². The quantitative estimate of drug-likeness (QED) is 0.177. The Morgan fingerprint density at radius 3 is 2.35 bits per heavy atom. The van der Waals surface area contributed by atoms with Gasteiger partial charge in [0.15, 0.2) is 0 Å². The lowest BCUT2D eigenvalue weighted by molar-refractivity contribution is -0.117. The molecule has 0 spiro atoms. The summed E-state index contributed by atoms with van der Waals surface area (Å²) in [5.41, 5.74) is 15.7. The fraction of sp³-hybridized carbons (Fsp3) is 0.294. The second-order valence-corrected chi connectivity index (χ2v) is 13.4. The number of anilines is 2. The largest absolute Gasteiger partial charge is 0.399 e. The van der Waals surface area contributed by atoms with Crippen LogP contribution in [0, 0.1) is 18.6 Å². The van der Waals surface area contributed by atoms with Crippen LogP contribution in [0.15, 0.2) is 90.1 Å². The Hall–Kier alpha value is -4.23. The number of carbonyl (C=O) groups excluding carboxylic acids is 1. The number of aryl methyl sites for hydroxylation is 1. The normalized spacial score (nSPS) is 16.9. The average molecular weight is 649 g/mol. The Morgan fingerprint density at radius 1 is 1.02 bits per heavy atom. The molecule has 0 radical (unpaired) electrons. The van der Waals surface area contributed by atoms with Crippen molar-refractivity contribution in [1.29, 1.82) is 0 Å². The van der Waals surface area contributed by atoms with Gasteiger partial charge in [0.1, 0.15) is 11.6 Å². The maximum atomic E-state index is 15.1. The van der Waals surface area contributed by atoms with E-state index in [1.165, 1.54) is 34.8 Å². The summed E-state index contributed by atoms with van der Waals surface area (Å²) in [4.78, 5) is 17.7. The van der Waals surface area contributed by atoms with Crippen LogP contribution in [-0.2, 0) is 21.2 Å². The summed E-state index contributed by atoms with van der Waals surface area (Å²) in [6.07, 6.45) is 3.58. The van der Waals surface area contributed by atoms with Crippen molar-refractivity contribution in [3.8, 4) is 0 Å². The highest BCUT2D eigenvalue weighted by Crippen LogP contribution is 2.30. The highest BCUT2D eigenvalue weighted by Gasteiger charge is 2.33. The number of benzene rings is 3. The van der Waals surface area contributed by atoms with Crippen LogP contribution in [-0.4, -0.2) is 55.3 Å². The molecule has 242 valence electrons. The highest BCUT2D eigenvalue weighted by atomic mass is 32.2. The molecular formula is C34H38F2N6O3S. The minimum absolute atomic E-state index is 0.166. The van der Waals surface area contributed by atoms with E-state index < -0.39 is 39.5 Å². The summed E-state index contributed by atoms with van der Waals surface area (Å²) in [7, 11) is -3.76. The maximum absolute atomic E-state index is 15.1. The second-order valence-electron chi connectivity index (χ2n) is 11.5. The van der Waals surface area contributed by atoms with Gasteiger partial charge in [0.2, 0.25) is 15.9 Å². The van der Waals surface area contributed by atoms with E-state index in [1.807, 2.05) is 31.2 Å². The number of rotatable bonds is 11. The topological polar surface area (TPSA) is 143 Å². The Bertz CT molecular complexity index is 1710. The van der Waals surface area contributed by atoms with Gasteiger partial charge in [-0.05, 0) is 73.7 Å². The van der Waals surface area contributed by atoms with Gasteiger partial charge in [0, 0.05) is 42.8 Å². The predicted octanol–water partition coefficient (Wildman–Crippen LogP) is 4.33. The molecule has 12 heteroatoms. The van der Waals surface area contributed by atoms with Crippen LogP contribution in [0.2, 0.25) is 0 Å². The standard InChI is InChI=1S/C34H38F2N6O3S/c1-22-5-7-23(8-6-22)32(24-9-11-25(35)12-10-24)33(38)34(43)41-31-21-40-20-30(36)29(31)4-2-3-27-19-39-17-18-42(27)46(44,45)28-15-13-26(37)14-16-28/h5-16,20-21,27,32-33,39H,2-4,17-19,37-38H2,1H3,(H,41,43)/t27-,32?,33-/m0/s1. The van der Waals surface area contributed by atoms with Gasteiger partial charge in [-0.25, -0.2) is 17.2 Å². The summed E-state index contributed by atoms with van der Waals surface area (Å²) >= 11 is 0. The van der Waals surface area contributed by atoms with Crippen molar-refractivity contribution in [2.75, 3.05) is 30.7 Å². The molecule has 0 aliphatic carbocycles. The van der Waals surface area contributed by atoms with Crippen molar-refractivity contribution < 1.29 is 22.0 Å². The minimum Gasteiger partial charge on any atom is -0.399 e. The number of nitrogens with two attached hydrogens (primary N) is 2. The molecule has 0 bridgehead atoms. The zero-order chi connectivity index (χ0) is 32.8. The number of nitrogens with zero attached hydrogens (tertiary/aromatic N) is 2. The molecule has 3 aromatic carbocycles. The molecule has 2 heterocycles. The molecule has 1 unspecified atom stereocenters. The van der Waals surface area contributed by atoms with Crippen LogP contribution in [0.5, 0.6) is 0 Å². The number of aromatic nitrogens is 1. The predicted molar refractivity (Wildman–Crippen MR) is 175 cm³/mol. The third-order valence-corrected chi connectivity index (χ3v) is 10.3. The number of hydrogen-bond donors (Lipinski definition) is 4. The molecule has 9 nitrogen and oxygen atoms in total. The molecule has 5 rings (SSSR count). The molecular weight excluding hydrogens is 610 g/mol. The zero-order valence-corrected chi connectivity index (χ0v) is 26.3. The smallest absolute Gasteiger partial charge is 0.243 e. The molecule has 1 fully saturated rings. The van der Waals surface area contributed by atoms with Crippen molar-refractivity contribution in [1.82, 2.24) is 14.6 Å². The van der Waals surface area contributed by atoms with Gasteiger partial charge in [0.25, 0.3) is 0 Å². The van der Waals surface area contributed by atoms with E-state index in [0.717, 1.165) is 17.3 Å². The molecule has 1 aromatic heterocycles. The lowest BCUT2D eigenvalue weighted by atomic mass is 9.84. The number of hydrogen-bond acceptors (Lipinski definition) is 7. The van der Waals surface area contributed by atoms with E-state index in [-0.39, 0.29) is 28.6 Å². The Morgan fingerprint density at radius 2 is 1.67 bits per heavy atom. The number of pyridine rings is 1. The van der Waals surface area contributed by atoms with E-state index in [1.54, 1.807) is 24.3 Å². The van der Waals surface area contributed by atoms with Crippen LogP contribution in [0.3, 0.4) is 0 Å². The summed E-state index contributed by atoms with van der Waals surface area (Å²) < 4.78 is 57.2. The molecule has 3 atom stereocenters. The van der Waals surface area contributed by atoms with Crippen molar-refractivity contribution >= 4 is 27.3 Å². The SMILES string of the molecule is Cc1ccc(C(c2ccc(F)cc2)[C@H](N)C(=O)Nc2cncc(F)c2CCC[C@H]2CNCCN2S(=O)(=O)c2ccc(N)cc2)cc1. The lowest BCUT2D eigenvalue weighted by Gasteiger charge is -2.35. The number of carbonyl (C=O) groups is 1. The number of piperazine rings is 1. The first kappa shape index (κ1) is 33.1. The van der Waals surface area contributed by atoms with E-state index >= 15 is 4.39 Å². The van der Waals surface area contributed by atoms with E-state index in [0.29, 0.717) is 43.7 Å². The van der Waals surface area contributed by atoms with Gasteiger partial charge in [-0.2, -0.15) is 4.31 Å². The van der Waals surface area contributed by atoms with Crippen molar-refractivity contribution in [2.24, 2.45) is 5.73 Å². The van der Waals surface area contributed by atoms with Gasteiger partial charge in [-0.3, -0.25) is 9.78 Å².